The molecule has 1 fully saturated rings. The molecule has 1 aliphatic rings. The molecule has 0 aliphatic carbocycles. The first kappa shape index (κ1) is 20.2. The molecule has 2 amide bonds. The number of piperazine rings is 1. The molecule has 0 spiro atoms. The van der Waals surface area contributed by atoms with E-state index in [2.05, 4.69) is 5.32 Å². The number of quaternary nitrogens is 1. The van der Waals surface area contributed by atoms with Gasteiger partial charge < -0.3 is 19.9 Å². The summed E-state index contributed by atoms with van der Waals surface area (Å²) in [6, 6.07) is 14.8. The minimum atomic E-state index is -0.0780. The van der Waals surface area contributed by atoms with Crippen LogP contribution in [0.2, 0.25) is 5.02 Å². The Kier molecular flexibility index (Phi) is 6.90. The summed E-state index contributed by atoms with van der Waals surface area (Å²) in [5.74, 6) is 0.630. The van der Waals surface area contributed by atoms with Crippen LogP contribution in [0.5, 0.6) is 5.75 Å². The molecule has 2 N–H and O–H groups in total. The van der Waals surface area contributed by atoms with Crippen LogP contribution in [-0.4, -0.2) is 56.0 Å². The maximum absolute atomic E-state index is 12.4. The second kappa shape index (κ2) is 9.57. The summed E-state index contributed by atoms with van der Waals surface area (Å²) in [4.78, 5) is 27.6. The highest BCUT2D eigenvalue weighted by Crippen LogP contribution is 2.20. The Labute approximate surface area is 170 Å². The Bertz CT molecular complexity index is 835. The third-order valence-electron chi connectivity index (χ3n) is 4.83. The number of halogens is 1. The Balaban J connectivity index is 1.41. The van der Waals surface area contributed by atoms with Gasteiger partial charge in [0.05, 0.1) is 36.9 Å². The van der Waals surface area contributed by atoms with Crippen LogP contribution in [0.3, 0.4) is 0 Å². The predicted molar refractivity (Wildman–Crippen MR) is 109 cm³/mol. The Hall–Kier alpha value is -2.57. The number of anilines is 1. The van der Waals surface area contributed by atoms with Crippen LogP contribution in [0.15, 0.2) is 48.5 Å². The SMILES string of the molecule is Cc1ccccc1OCC(=O)N1CC[NH+](CC(=O)Nc2ccccc2Cl)CC1. The summed E-state index contributed by atoms with van der Waals surface area (Å²) < 4.78 is 5.65. The number of hydrogen-bond donors (Lipinski definition) is 2. The van der Waals surface area contributed by atoms with E-state index in [0.717, 1.165) is 29.3 Å². The van der Waals surface area contributed by atoms with Crippen molar-refractivity contribution in [2.24, 2.45) is 0 Å². The summed E-state index contributed by atoms with van der Waals surface area (Å²) in [5, 5.41) is 3.37. The van der Waals surface area contributed by atoms with Crippen molar-refractivity contribution >= 4 is 29.1 Å². The smallest absolute Gasteiger partial charge is 0.279 e. The number of rotatable bonds is 6. The van der Waals surface area contributed by atoms with Crippen LogP contribution in [-0.2, 0) is 9.59 Å². The predicted octanol–water partition coefficient (Wildman–Crippen LogP) is 1.39. The van der Waals surface area contributed by atoms with Gasteiger partial charge in [0, 0.05) is 0 Å². The number of para-hydroxylation sites is 2. The summed E-state index contributed by atoms with van der Waals surface area (Å²) in [5.41, 5.74) is 1.63. The van der Waals surface area contributed by atoms with Gasteiger partial charge in [-0.3, -0.25) is 9.59 Å². The number of hydrogen-bond acceptors (Lipinski definition) is 3. The maximum Gasteiger partial charge on any atom is 0.279 e. The molecule has 0 bridgehead atoms. The zero-order valence-corrected chi connectivity index (χ0v) is 16.7. The van der Waals surface area contributed by atoms with Crippen LogP contribution in [0, 0.1) is 6.92 Å². The number of nitrogens with one attached hydrogen (secondary N) is 2. The molecule has 148 valence electrons. The molecule has 1 heterocycles. The van der Waals surface area contributed by atoms with Crippen molar-refractivity contribution in [1.82, 2.24) is 4.90 Å². The second-order valence-electron chi connectivity index (χ2n) is 6.89. The van der Waals surface area contributed by atoms with Crippen molar-refractivity contribution in [2.45, 2.75) is 6.92 Å². The van der Waals surface area contributed by atoms with E-state index < -0.39 is 0 Å². The van der Waals surface area contributed by atoms with E-state index in [-0.39, 0.29) is 18.4 Å². The molecule has 28 heavy (non-hydrogen) atoms. The molecule has 7 heteroatoms. The normalized spacial score (nSPS) is 14.6. The lowest BCUT2D eigenvalue weighted by molar-refractivity contribution is -0.895. The van der Waals surface area contributed by atoms with Crippen molar-refractivity contribution in [3.05, 3.63) is 59.1 Å². The van der Waals surface area contributed by atoms with E-state index in [1.807, 2.05) is 43.3 Å². The first-order valence-electron chi connectivity index (χ1n) is 9.37. The molecule has 1 aliphatic heterocycles. The molecule has 0 aromatic heterocycles. The van der Waals surface area contributed by atoms with Gasteiger partial charge in [0.25, 0.3) is 11.8 Å². The first-order chi connectivity index (χ1) is 13.5. The molecular formula is C21H25ClN3O3+. The highest BCUT2D eigenvalue weighted by molar-refractivity contribution is 6.33. The van der Waals surface area contributed by atoms with Gasteiger partial charge in [-0.15, -0.1) is 0 Å². The van der Waals surface area contributed by atoms with Crippen molar-refractivity contribution < 1.29 is 19.2 Å². The molecule has 0 saturated carbocycles. The lowest BCUT2D eigenvalue weighted by Crippen LogP contribution is -3.15. The summed E-state index contributed by atoms with van der Waals surface area (Å²) >= 11 is 6.07. The number of benzene rings is 2. The fourth-order valence-electron chi connectivity index (χ4n) is 3.18. The fourth-order valence-corrected chi connectivity index (χ4v) is 3.37. The Morgan fingerprint density at radius 3 is 2.50 bits per heavy atom. The van der Waals surface area contributed by atoms with Crippen LogP contribution >= 0.6 is 11.6 Å². The lowest BCUT2D eigenvalue weighted by Gasteiger charge is -2.31. The summed E-state index contributed by atoms with van der Waals surface area (Å²) in [7, 11) is 0. The van der Waals surface area contributed by atoms with Crippen molar-refractivity contribution in [3.63, 3.8) is 0 Å². The quantitative estimate of drug-likeness (QED) is 0.767. The minimum absolute atomic E-state index is 0.0252. The number of carbonyl (C=O) groups excluding carboxylic acids is 2. The Morgan fingerprint density at radius 1 is 1.11 bits per heavy atom. The number of aryl methyl sites for hydroxylation is 1. The zero-order valence-electron chi connectivity index (χ0n) is 15.9. The van der Waals surface area contributed by atoms with E-state index >= 15 is 0 Å². The highest BCUT2D eigenvalue weighted by atomic mass is 35.5. The molecule has 1 saturated heterocycles. The molecule has 0 atom stereocenters. The minimum Gasteiger partial charge on any atom is -0.484 e. The van der Waals surface area contributed by atoms with Gasteiger partial charge in [-0.1, -0.05) is 41.9 Å². The number of amides is 2. The standard InChI is InChI=1S/C21H24ClN3O3/c1-16-6-2-5-9-19(16)28-15-21(27)25-12-10-24(11-13-25)14-20(26)23-18-8-4-3-7-17(18)22/h2-9H,10-15H2,1H3,(H,23,26)/p+1. The van der Waals surface area contributed by atoms with Crippen LogP contribution in [0.1, 0.15) is 5.56 Å². The number of nitrogens with zero attached hydrogens (tertiary/aromatic N) is 1. The van der Waals surface area contributed by atoms with E-state index in [0.29, 0.717) is 30.3 Å². The van der Waals surface area contributed by atoms with Gasteiger partial charge in [0.15, 0.2) is 13.2 Å². The van der Waals surface area contributed by atoms with Crippen molar-refractivity contribution in [3.8, 4) is 5.75 Å². The lowest BCUT2D eigenvalue weighted by atomic mass is 10.2. The first-order valence-corrected chi connectivity index (χ1v) is 9.75. The average Bonchev–Trinajstić information content (AvgIpc) is 2.69. The monoisotopic (exact) mass is 402 g/mol. The van der Waals surface area contributed by atoms with Gasteiger partial charge in [-0.2, -0.15) is 0 Å². The third-order valence-corrected chi connectivity index (χ3v) is 5.16. The largest absolute Gasteiger partial charge is 0.484 e. The maximum atomic E-state index is 12.4. The van der Waals surface area contributed by atoms with E-state index in [4.69, 9.17) is 16.3 Å². The van der Waals surface area contributed by atoms with Crippen molar-refractivity contribution in [1.29, 1.82) is 0 Å². The second-order valence-corrected chi connectivity index (χ2v) is 7.30. The average molecular weight is 403 g/mol. The Morgan fingerprint density at radius 2 is 1.79 bits per heavy atom. The molecular weight excluding hydrogens is 378 g/mol. The van der Waals surface area contributed by atoms with Gasteiger partial charge in [0.1, 0.15) is 5.75 Å². The van der Waals surface area contributed by atoms with Crippen LogP contribution in [0.4, 0.5) is 5.69 Å². The van der Waals surface area contributed by atoms with Gasteiger partial charge in [0.2, 0.25) is 0 Å². The number of carbonyl (C=O) groups is 2. The molecule has 3 rings (SSSR count). The van der Waals surface area contributed by atoms with E-state index in [1.54, 1.807) is 17.0 Å². The number of ether oxygens (including phenoxy) is 1. The fraction of sp³-hybridized carbons (Fsp3) is 0.333. The molecule has 0 unspecified atom stereocenters. The highest BCUT2D eigenvalue weighted by Gasteiger charge is 2.25. The van der Waals surface area contributed by atoms with Crippen LogP contribution < -0.4 is 15.0 Å². The van der Waals surface area contributed by atoms with E-state index in [1.165, 1.54) is 0 Å². The van der Waals surface area contributed by atoms with Gasteiger partial charge in [-0.25, -0.2) is 0 Å². The summed E-state index contributed by atoms with van der Waals surface area (Å²) in [6.07, 6.45) is 0. The van der Waals surface area contributed by atoms with Gasteiger partial charge >= 0.3 is 0 Å². The molecule has 2 aromatic carbocycles. The molecule has 6 nitrogen and oxygen atoms in total. The van der Waals surface area contributed by atoms with Gasteiger partial charge in [-0.05, 0) is 30.7 Å². The molecule has 2 aromatic rings. The third kappa shape index (κ3) is 5.47. The van der Waals surface area contributed by atoms with Crippen LogP contribution in [0.25, 0.3) is 0 Å². The topological polar surface area (TPSA) is 63.1 Å². The zero-order chi connectivity index (χ0) is 19.9. The van der Waals surface area contributed by atoms with Crippen molar-refractivity contribution in [2.75, 3.05) is 44.6 Å². The van der Waals surface area contributed by atoms with E-state index in [9.17, 15) is 9.59 Å². The molecule has 0 radical (unpaired) electrons. The summed E-state index contributed by atoms with van der Waals surface area (Å²) in [6.45, 7) is 5.03.